The zero-order valence-corrected chi connectivity index (χ0v) is 37.7. The molecule has 0 aliphatic carbocycles. The summed E-state index contributed by atoms with van der Waals surface area (Å²) >= 11 is 0. The molecule has 0 saturated carbocycles. The van der Waals surface area contributed by atoms with Gasteiger partial charge in [0, 0.05) is 53.5 Å². The number of carbonyl (C=O) groups excluding carboxylic acids is 1. The first-order chi connectivity index (χ1) is 23.7. The zero-order valence-electron chi connectivity index (χ0n) is 37.7. The van der Waals surface area contributed by atoms with Gasteiger partial charge in [-0.2, -0.15) is 0 Å². The Hall–Kier alpha value is -0.710. The maximum atomic E-state index is 10.4. The third-order valence-electron chi connectivity index (χ3n) is 6.52. The van der Waals surface area contributed by atoms with Crippen molar-refractivity contribution in [2.24, 2.45) is 0 Å². The van der Waals surface area contributed by atoms with Crippen molar-refractivity contribution in [3.05, 3.63) is 12.2 Å². The topological polar surface area (TPSA) is 44.8 Å². The Morgan fingerprint density at radius 3 is 0.860 bits per heavy atom. The molecule has 0 aromatic heterocycles. The van der Waals surface area contributed by atoms with Crippen LogP contribution in [-0.4, -0.2) is 46.4 Å². The number of Topliss-reactive ketones (excluding diaryl/α,β-unsaturated/α-hetero) is 1. The van der Waals surface area contributed by atoms with E-state index in [-0.39, 0.29) is 59.4 Å². The average Bonchev–Trinajstić information content (AvgIpc) is 3.12. The van der Waals surface area contributed by atoms with E-state index < -0.39 is 0 Å². The van der Waals surface area contributed by atoms with Crippen LogP contribution in [0.1, 0.15) is 298 Å². The van der Waals surface area contributed by atoms with Gasteiger partial charge in [0.1, 0.15) is 5.78 Å². The predicted octanol–water partition coefficient (Wildman–Crippen LogP) is 21.3. The number of unbranched alkanes of at least 4 members (excludes halogenated alkanes) is 12. The van der Waals surface area contributed by atoms with Crippen LogP contribution < -0.4 is 0 Å². The maximum absolute atomic E-state index is 10.4. The summed E-state index contributed by atoms with van der Waals surface area (Å²) in [6.07, 6.45) is 31.6. The number of rotatable bonds is 23. The van der Waals surface area contributed by atoms with Gasteiger partial charge in [-0.25, -0.2) is 0 Å². The molecular formula is C53H134O4. The molecule has 0 saturated heterocycles. The number of hydrogen-bond donors (Lipinski definition) is 0. The van der Waals surface area contributed by atoms with Crippen LogP contribution in [0.15, 0.2) is 12.2 Å². The number of ketones is 1. The minimum Gasteiger partial charge on any atom is -0.385 e. The van der Waals surface area contributed by atoms with Gasteiger partial charge in [-0.05, 0) is 46.0 Å². The van der Waals surface area contributed by atoms with Gasteiger partial charge in [0.25, 0.3) is 0 Å². The van der Waals surface area contributed by atoms with Crippen molar-refractivity contribution in [2.45, 2.75) is 298 Å². The Morgan fingerprint density at radius 1 is 0.404 bits per heavy atom. The lowest BCUT2D eigenvalue weighted by atomic mass is 10.2. The molecule has 0 spiro atoms. The van der Waals surface area contributed by atoms with Gasteiger partial charge in [0.15, 0.2) is 0 Å². The van der Waals surface area contributed by atoms with Gasteiger partial charge in [-0.3, -0.25) is 4.79 Å². The highest BCUT2D eigenvalue weighted by atomic mass is 16.5. The van der Waals surface area contributed by atoms with Crippen LogP contribution in [0.4, 0.5) is 0 Å². The zero-order chi connectivity index (χ0) is 39.5. The fraction of sp³-hybridized carbons (Fsp3) is 0.943. The van der Waals surface area contributed by atoms with Gasteiger partial charge in [0.05, 0.1) is 0 Å². The Kier molecular flexibility index (Phi) is 273. The molecule has 0 aromatic carbocycles. The minimum absolute atomic E-state index is 0. The average molecular weight is 836 g/mol. The molecule has 0 heterocycles. The first kappa shape index (κ1) is 106. The lowest BCUT2D eigenvalue weighted by Gasteiger charge is -1.94. The van der Waals surface area contributed by atoms with E-state index >= 15 is 0 Å². The maximum Gasteiger partial charge on any atom is 0.132 e. The van der Waals surface area contributed by atoms with Crippen molar-refractivity contribution >= 4 is 5.78 Å². The molecule has 0 amide bonds. The Bertz CT molecular complexity index is 388. The monoisotopic (exact) mass is 835 g/mol. The summed E-state index contributed by atoms with van der Waals surface area (Å²) in [6, 6.07) is 0. The number of allylic oxidation sites excluding steroid dienone is 2. The SMILES string of the molecule is C.C.C.C.C.C.C.C.C/C=C/CC.CCCC(=O)CC.CCCCC.CCCCCC.CCCCCC.CCCCCOC.CCCCOC.CCCCOCC. The largest absolute Gasteiger partial charge is 0.385 e. The smallest absolute Gasteiger partial charge is 0.132 e. The highest BCUT2D eigenvalue weighted by molar-refractivity contribution is 5.77. The van der Waals surface area contributed by atoms with Crippen molar-refractivity contribution in [2.75, 3.05) is 40.6 Å². The summed E-state index contributed by atoms with van der Waals surface area (Å²) in [5, 5.41) is 0. The van der Waals surface area contributed by atoms with Gasteiger partial charge in [-0.15, -0.1) is 0 Å². The molecule has 57 heavy (non-hydrogen) atoms. The lowest BCUT2D eigenvalue weighted by molar-refractivity contribution is -0.118. The van der Waals surface area contributed by atoms with Crippen molar-refractivity contribution in [3.63, 3.8) is 0 Å². The van der Waals surface area contributed by atoms with Crippen LogP contribution in [-0.2, 0) is 19.0 Å². The fourth-order valence-electron chi connectivity index (χ4n) is 3.22. The molecule has 0 aromatic rings. The minimum atomic E-state index is 0. The Labute approximate surface area is 374 Å². The second-order valence-corrected chi connectivity index (χ2v) is 12.0. The summed E-state index contributed by atoms with van der Waals surface area (Å²) in [4.78, 5) is 10.4. The molecule has 0 aliphatic heterocycles. The van der Waals surface area contributed by atoms with Crippen molar-refractivity contribution in [1.82, 2.24) is 0 Å². The van der Waals surface area contributed by atoms with E-state index in [9.17, 15) is 4.79 Å². The van der Waals surface area contributed by atoms with Crippen LogP contribution in [0, 0.1) is 0 Å². The van der Waals surface area contributed by atoms with E-state index in [1.165, 1.54) is 116 Å². The molecule has 0 bridgehead atoms. The molecule has 0 rings (SSSR count). The number of ether oxygens (including phenoxy) is 3. The molecule has 4 nitrogen and oxygen atoms in total. The van der Waals surface area contributed by atoms with Crippen LogP contribution in [0.2, 0.25) is 0 Å². The highest BCUT2D eigenvalue weighted by Gasteiger charge is 1.91. The van der Waals surface area contributed by atoms with Crippen LogP contribution in [0.25, 0.3) is 0 Å². The van der Waals surface area contributed by atoms with E-state index in [2.05, 4.69) is 81.4 Å². The van der Waals surface area contributed by atoms with Gasteiger partial charge in [-0.1, -0.05) is 251 Å². The summed E-state index contributed by atoms with van der Waals surface area (Å²) in [5.74, 6) is 0.377. The third kappa shape index (κ3) is 245. The molecule has 4 heteroatoms. The highest BCUT2D eigenvalue weighted by Crippen LogP contribution is 1.96. The van der Waals surface area contributed by atoms with Crippen molar-refractivity contribution in [1.29, 1.82) is 0 Å². The van der Waals surface area contributed by atoms with E-state index in [1.54, 1.807) is 14.2 Å². The Morgan fingerprint density at radius 2 is 0.702 bits per heavy atom. The molecule has 0 N–H and O–H groups in total. The number of methoxy groups -OCH3 is 2. The quantitative estimate of drug-likeness (QED) is 0.0760. The van der Waals surface area contributed by atoms with Gasteiger partial charge < -0.3 is 14.2 Å². The third-order valence-corrected chi connectivity index (χ3v) is 6.52. The summed E-state index contributed by atoms with van der Waals surface area (Å²) in [5.41, 5.74) is 0. The van der Waals surface area contributed by atoms with E-state index in [0.717, 1.165) is 45.7 Å². The second-order valence-electron chi connectivity index (χ2n) is 12.0. The van der Waals surface area contributed by atoms with Gasteiger partial charge >= 0.3 is 0 Å². The molecule has 0 unspecified atom stereocenters. The van der Waals surface area contributed by atoms with Crippen LogP contribution >= 0.6 is 0 Å². The van der Waals surface area contributed by atoms with Gasteiger partial charge in [0.2, 0.25) is 0 Å². The van der Waals surface area contributed by atoms with Crippen LogP contribution in [0.3, 0.4) is 0 Å². The number of carbonyl (C=O) groups is 1. The molecule has 0 aliphatic rings. The summed E-state index contributed by atoms with van der Waals surface area (Å²) in [6.45, 7) is 33.6. The second kappa shape index (κ2) is 147. The molecule has 370 valence electrons. The van der Waals surface area contributed by atoms with Crippen molar-refractivity contribution < 1.29 is 19.0 Å². The summed E-state index contributed by atoms with van der Waals surface area (Å²) < 4.78 is 14.7. The van der Waals surface area contributed by atoms with E-state index in [0.29, 0.717) is 12.2 Å². The van der Waals surface area contributed by atoms with E-state index in [4.69, 9.17) is 14.2 Å². The van der Waals surface area contributed by atoms with E-state index in [1.807, 2.05) is 27.7 Å². The Balaban J connectivity index is -0.0000000237. The molecular weight excluding hydrogens is 701 g/mol. The molecule has 0 radical (unpaired) electrons. The fourth-order valence-corrected chi connectivity index (χ4v) is 3.22. The predicted molar refractivity (Wildman–Crippen MR) is 284 cm³/mol. The first-order valence-corrected chi connectivity index (χ1v) is 21.4. The lowest BCUT2D eigenvalue weighted by Crippen LogP contribution is -1.91. The van der Waals surface area contributed by atoms with Crippen molar-refractivity contribution in [3.8, 4) is 0 Å². The summed E-state index contributed by atoms with van der Waals surface area (Å²) in [7, 11) is 3.48. The van der Waals surface area contributed by atoms with Crippen LogP contribution in [0.5, 0.6) is 0 Å². The molecule has 0 atom stereocenters. The molecule has 0 fully saturated rings. The first-order valence-electron chi connectivity index (χ1n) is 21.4. The number of hydrogen-bond acceptors (Lipinski definition) is 4. The standard InChI is InChI=1S/2C6H14O.C6H12O.2C6H14.C5H12O.C5H12.C5H10.8CH4/c1-3-4-5-6-7-2;1-3-5-6-7-4-2;1-3-5-6(7)4-2;2*1-3-5-6-4-2;1-3-4-5-6-2;2*1-3-5-4-2;;;;;;;;/h2*3-6H2,1-2H3;3-5H2,1-2H3;2*3-6H2,1-2H3;3-5H2,1-2H3;3-5H2,1-2H3;3,5H,4H2,1-2H3;8*1H4/b;;;;;;;5-3+;;;;;;;;. The normalized spacial score (nSPS) is 7.86.